The van der Waals surface area contributed by atoms with Gasteiger partial charge in [0.1, 0.15) is 0 Å². The minimum atomic E-state index is -4.13. The van der Waals surface area contributed by atoms with Gasteiger partial charge in [-0.1, -0.05) is 17.7 Å². The molecule has 2 aromatic carbocycles. The standard InChI is InChI=1S/C21H19ClF2N4O3S/c1-12-25-19(11-27(12)2)32(30,31)28(15-5-3-4-14(22)9-15)10-13-8-18(29)26-21-16(13)6-7-17(23)20(21)24/h3-9,11-12,25H,10H2,1-2H3,(H,26,29). The van der Waals surface area contributed by atoms with E-state index in [2.05, 4.69) is 10.3 Å². The molecule has 0 spiro atoms. The second-order valence-electron chi connectivity index (χ2n) is 7.41. The van der Waals surface area contributed by atoms with Gasteiger partial charge in [0.2, 0.25) is 5.56 Å². The minimum absolute atomic E-state index is 0.0427. The van der Waals surface area contributed by atoms with Crippen LogP contribution in [-0.4, -0.2) is 31.5 Å². The lowest BCUT2D eigenvalue weighted by Gasteiger charge is -2.26. The summed E-state index contributed by atoms with van der Waals surface area (Å²) in [4.78, 5) is 16.1. The minimum Gasteiger partial charge on any atom is -0.358 e. The van der Waals surface area contributed by atoms with Gasteiger partial charge in [-0.05, 0) is 42.8 Å². The van der Waals surface area contributed by atoms with Crippen molar-refractivity contribution < 1.29 is 17.2 Å². The van der Waals surface area contributed by atoms with Crippen molar-refractivity contribution in [1.29, 1.82) is 0 Å². The highest BCUT2D eigenvalue weighted by Gasteiger charge is 2.33. The van der Waals surface area contributed by atoms with Crippen LogP contribution in [0.2, 0.25) is 5.02 Å². The maximum Gasteiger partial charge on any atom is 0.281 e. The van der Waals surface area contributed by atoms with Crippen molar-refractivity contribution in [2.75, 3.05) is 11.4 Å². The first-order valence-corrected chi connectivity index (χ1v) is 11.4. The van der Waals surface area contributed by atoms with E-state index in [9.17, 15) is 22.0 Å². The Morgan fingerprint density at radius 1 is 1.19 bits per heavy atom. The highest BCUT2D eigenvalue weighted by molar-refractivity contribution is 7.96. The summed E-state index contributed by atoms with van der Waals surface area (Å²) in [5.41, 5.74) is -0.570. The van der Waals surface area contributed by atoms with E-state index < -0.39 is 27.2 Å². The first kappa shape index (κ1) is 22.1. The normalized spacial score (nSPS) is 16.2. The number of rotatable bonds is 5. The molecule has 7 nitrogen and oxygen atoms in total. The van der Waals surface area contributed by atoms with E-state index in [0.29, 0.717) is 5.02 Å². The van der Waals surface area contributed by atoms with Gasteiger partial charge in [-0.3, -0.25) is 9.10 Å². The van der Waals surface area contributed by atoms with Crippen molar-refractivity contribution in [2.45, 2.75) is 19.6 Å². The summed E-state index contributed by atoms with van der Waals surface area (Å²) in [6.07, 6.45) is 1.21. The zero-order valence-corrected chi connectivity index (χ0v) is 18.6. The van der Waals surface area contributed by atoms with Crippen molar-refractivity contribution in [1.82, 2.24) is 15.2 Å². The van der Waals surface area contributed by atoms with E-state index in [-0.39, 0.29) is 39.9 Å². The number of pyridine rings is 1. The van der Waals surface area contributed by atoms with Crippen LogP contribution in [-0.2, 0) is 16.6 Å². The smallest absolute Gasteiger partial charge is 0.281 e. The zero-order chi connectivity index (χ0) is 23.2. The number of H-pyrrole nitrogens is 1. The van der Waals surface area contributed by atoms with Crippen LogP contribution in [0.25, 0.3) is 10.9 Å². The Kier molecular flexibility index (Phi) is 5.59. The predicted octanol–water partition coefficient (Wildman–Crippen LogP) is 3.48. The van der Waals surface area contributed by atoms with Crippen LogP contribution < -0.4 is 15.2 Å². The van der Waals surface area contributed by atoms with Crippen molar-refractivity contribution in [2.24, 2.45) is 0 Å². The van der Waals surface area contributed by atoms with Crippen LogP contribution in [0.1, 0.15) is 12.5 Å². The molecule has 2 N–H and O–H groups in total. The molecule has 1 aromatic heterocycles. The number of halogens is 3. The molecule has 32 heavy (non-hydrogen) atoms. The SMILES string of the molecule is CC1NC(S(=O)(=O)N(Cc2cc(=O)[nH]c3c(F)c(F)ccc23)c2cccc(Cl)c2)=CN1C. The Hall–Kier alpha value is -3.11. The maximum absolute atomic E-state index is 14.3. The number of aromatic nitrogens is 1. The molecule has 0 amide bonds. The summed E-state index contributed by atoms with van der Waals surface area (Å²) in [7, 11) is -2.40. The third-order valence-corrected chi connectivity index (χ3v) is 7.19. The average molecular weight is 481 g/mol. The number of sulfonamides is 1. The third kappa shape index (κ3) is 3.91. The van der Waals surface area contributed by atoms with Crippen LogP contribution in [0.3, 0.4) is 0 Å². The molecule has 1 unspecified atom stereocenters. The Morgan fingerprint density at radius 3 is 2.59 bits per heavy atom. The number of nitrogens with zero attached hydrogens (tertiary/aromatic N) is 2. The number of fused-ring (bicyclic) bond motifs is 1. The molecule has 0 radical (unpaired) electrons. The molecule has 0 saturated heterocycles. The summed E-state index contributed by atoms with van der Waals surface area (Å²) in [6, 6.07) is 9.60. The quantitative estimate of drug-likeness (QED) is 0.584. The Balaban J connectivity index is 1.89. The number of benzene rings is 2. The Labute approximate surface area is 188 Å². The second-order valence-corrected chi connectivity index (χ2v) is 9.68. The molecule has 4 rings (SSSR count). The van der Waals surface area contributed by atoms with E-state index in [4.69, 9.17) is 11.6 Å². The fourth-order valence-corrected chi connectivity index (χ4v) is 5.21. The fraction of sp³-hybridized carbons (Fsp3) is 0.190. The number of hydrogen-bond donors (Lipinski definition) is 2. The van der Waals surface area contributed by atoms with Gasteiger partial charge in [-0.2, -0.15) is 8.42 Å². The fourth-order valence-electron chi connectivity index (χ4n) is 3.47. The van der Waals surface area contributed by atoms with Crippen LogP contribution in [0.15, 0.2) is 58.5 Å². The van der Waals surface area contributed by atoms with Crippen LogP contribution in [0, 0.1) is 11.6 Å². The number of hydrogen-bond acceptors (Lipinski definition) is 5. The summed E-state index contributed by atoms with van der Waals surface area (Å²) >= 11 is 6.10. The topological polar surface area (TPSA) is 85.5 Å². The van der Waals surface area contributed by atoms with Gasteiger partial charge in [0, 0.05) is 29.7 Å². The van der Waals surface area contributed by atoms with E-state index in [1.165, 1.54) is 18.3 Å². The van der Waals surface area contributed by atoms with Crippen molar-refractivity contribution in [3.05, 3.63) is 86.3 Å². The van der Waals surface area contributed by atoms with Crippen LogP contribution >= 0.6 is 11.6 Å². The molecule has 1 aliphatic rings. The monoisotopic (exact) mass is 480 g/mol. The van der Waals surface area contributed by atoms with Crippen LogP contribution in [0.5, 0.6) is 0 Å². The molecule has 0 bridgehead atoms. The first-order chi connectivity index (χ1) is 15.1. The van der Waals surface area contributed by atoms with Gasteiger partial charge < -0.3 is 15.2 Å². The average Bonchev–Trinajstić information content (AvgIpc) is 3.08. The molecule has 1 atom stereocenters. The zero-order valence-electron chi connectivity index (χ0n) is 17.1. The molecule has 3 aromatic rings. The van der Waals surface area contributed by atoms with Gasteiger partial charge >= 0.3 is 0 Å². The van der Waals surface area contributed by atoms with Gasteiger partial charge in [-0.15, -0.1) is 0 Å². The Morgan fingerprint density at radius 2 is 1.94 bits per heavy atom. The molecule has 0 aliphatic carbocycles. The molecular weight excluding hydrogens is 462 g/mol. The van der Waals surface area contributed by atoms with E-state index in [0.717, 1.165) is 16.4 Å². The largest absolute Gasteiger partial charge is 0.358 e. The molecule has 11 heteroatoms. The molecule has 0 saturated carbocycles. The lowest BCUT2D eigenvalue weighted by molar-refractivity contribution is 0.355. The number of aromatic amines is 1. The third-order valence-electron chi connectivity index (χ3n) is 5.26. The molecule has 0 fully saturated rings. The van der Waals surface area contributed by atoms with E-state index >= 15 is 0 Å². The van der Waals surface area contributed by atoms with E-state index in [1.54, 1.807) is 37.1 Å². The summed E-state index contributed by atoms with van der Waals surface area (Å²) in [6.45, 7) is 1.48. The highest BCUT2D eigenvalue weighted by atomic mass is 35.5. The lowest BCUT2D eigenvalue weighted by atomic mass is 10.1. The maximum atomic E-state index is 14.3. The number of anilines is 1. The van der Waals surface area contributed by atoms with Crippen molar-refractivity contribution >= 4 is 38.2 Å². The summed E-state index contributed by atoms with van der Waals surface area (Å²) in [5, 5.41) is 3.36. The predicted molar refractivity (Wildman–Crippen MR) is 119 cm³/mol. The van der Waals surface area contributed by atoms with Crippen LogP contribution in [0.4, 0.5) is 14.5 Å². The lowest BCUT2D eigenvalue weighted by Crippen LogP contribution is -2.37. The number of nitrogens with one attached hydrogen (secondary N) is 2. The molecular formula is C21H19ClF2N4O3S. The van der Waals surface area contributed by atoms with Gasteiger partial charge in [0.15, 0.2) is 16.7 Å². The summed E-state index contributed by atoms with van der Waals surface area (Å²) < 4.78 is 56.3. The van der Waals surface area contributed by atoms with E-state index in [1.807, 2.05) is 0 Å². The molecule has 168 valence electrons. The summed E-state index contributed by atoms with van der Waals surface area (Å²) in [5.74, 6) is -2.34. The molecule has 2 heterocycles. The van der Waals surface area contributed by atoms with Crippen molar-refractivity contribution in [3.63, 3.8) is 0 Å². The highest BCUT2D eigenvalue weighted by Crippen LogP contribution is 2.30. The first-order valence-electron chi connectivity index (χ1n) is 9.56. The van der Waals surface area contributed by atoms with Crippen molar-refractivity contribution in [3.8, 4) is 0 Å². The molecule has 1 aliphatic heterocycles. The van der Waals surface area contributed by atoms with Gasteiger partial charge in [0.05, 0.1) is 23.9 Å². The Bertz CT molecular complexity index is 1410. The second kappa shape index (κ2) is 8.10. The van der Waals surface area contributed by atoms with Gasteiger partial charge in [0.25, 0.3) is 10.0 Å². The van der Waals surface area contributed by atoms with Gasteiger partial charge in [-0.25, -0.2) is 8.78 Å².